The Morgan fingerprint density at radius 2 is 1.73 bits per heavy atom. The standard InChI is InChI=1S/C17H29N3O2/c1-5-17(2,3)7-6-8-18-13-14(16(22)15(13)21)20-11-9-19(4)10-12-20/h18H,5-12H2,1-4H3. The summed E-state index contributed by atoms with van der Waals surface area (Å²) in [5, 5.41) is 3.21. The minimum absolute atomic E-state index is 0.319. The second-order valence-corrected chi connectivity index (χ2v) is 7.22. The smallest absolute Gasteiger partial charge is 0.253 e. The van der Waals surface area contributed by atoms with Crippen LogP contribution in [0.25, 0.3) is 0 Å². The highest BCUT2D eigenvalue weighted by atomic mass is 16.2. The fraction of sp³-hybridized carbons (Fsp3) is 0.765. The zero-order valence-electron chi connectivity index (χ0n) is 14.4. The molecule has 0 aromatic heterocycles. The Hall–Kier alpha value is -1.36. The van der Waals surface area contributed by atoms with E-state index in [2.05, 4.69) is 42.9 Å². The second-order valence-electron chi connectivity index (χ2n) is 7.22. The molecular formula is C17H29N3O2. The molecule has 0 amide bonds. The predicted molar refractivity (Wildman–Crippen MR) is 92.9 cm³/mol. The molecule has 1 aliphatic rings. The predicted octanol–water partition coefficient (Wildman–Crippen LogP) is 1.66. The van der Waals surface area contributed by atoms with Crippen LogP contribution in [0.15, 0.2) is 9.59 Å². The van der Waals surface area contributed by atoms with E-state index in [9.17, 15) is 9.59 Å². The summed E-state index contributed by atoms with van der Waals surface area (Å²) in [7, 11) is 2.08. The van der Waals surface area contributed by atoms with Gasteiger partial charge in [0.15, 0.2) is 0 Å². The third-order valence-electron chi connectivity index (χ3n) is 4.99. The molecule has 1 heterocycles. The first kappa shape index (κ1) is 17.0. The van der Waals surface area contributed by atoms with Crippen LogP contribution in [0, 0.1) is 5.41 Å². The molecule has 22 heavy (non-hydrogen) atoms. The summed E-state index contributed by atoms with van der Waals surface area (Å²) in [5.41, 5.74) is 0.844. The van der Waals surface area contributed by atoms with E-state index in [1.54, 1.807) is 0 Å². The van der Waals surface area contributed by atoms with Gasteiger partial charge in [-0.25, -0.2) is 0 Å². The van der Waals surface area contributed by atoms with E-state index in [1.165, 1.54) is 0 Å². The normalized spacial score (nSPS) is 17.2. The van der Waals surface area contributed by atoms with Crippen molar-refractivity contribution in [2.45, 2.75) is 40.0 Å². The molecule has 124 valence electrons. The molecule has 1 aromatic rings. The molecule has 0 aliphatic carbocycles. The highest BCUT2D eigenvalue weighted by Crippen LogP contribution is 2.26. The lowest BCUT2D eigenvalue weighted by Crippen LogP contribution is -2.50. The lowest BCUT2D eigenvalue weighted by Gasteiger charge is -2.35. The summed E-state index contributed by atoms with van der Waals surface area (Å²) in [6.07, 6.45) is 3.29. The van der Waals surface area contributed by atoms with Crippen molar-refractivity contribution >= 4 is 11.4 Å². The SMILES string of the molecule is CCC(C)(C)CCCNc1c(N2CCN(C)CC2)c(=O)c1=O. The van der Waals surface area contributed by atoms with Gasteiger partial charge >= 0.3 is 0 Å². The lowest BCUT2D eigenvalue weighted by atomic mass is 9.85. The fourth-order valence-electron chi connectivity index (χ4n) is 2.83. The van der Waals surface area contributed by atoms with Crippen molar-refractivity contribution in [1.29, 1.82) is 0 Å². The minimum atomic E-state index is -0.344. The van der Waals surface area contributed by atoms with Gasteiger partial charge < -0.3 is 15.1 Å². The van der Waals surface area contributed by atoms with Gasteiger partial charge in [-0.3, -0.25) is 9.59 Å². The van der Waals surface area contributed by atoms with Gasteiger partial charge in [0, 0.05) is 32.7 Å². The van der Waals surface area contributed by atoms with E-state index in [0.717, 1.165) is 52.0 Å². The van der Waals surface area contributed by atoms with Gasteiger partial charge in [0.05, 0.1) is 0 Å². The molecular weight excluding hydrogens is 278 g/mol. The summed E-state index contributed by atoms with van der Waals surface area (Å²) in [4.78, 5) is 28.0. The Morgan fingerprint density at radius 3 is 2.32 bits per heavy atom. The summed E-state index contributed by atoms with van der Waals surface area (Å²) >= 11 is 0. The van der Waals surface area contributed by atoms with Crippen LogP contribution in [0.4, 0.5) is 11.4 Å². The zero-order valence-corrected chi connectivity index (χ0v) is 14.4. The molecule has 1 saturated heterocycles. The molecule has 0 saturated carbocycles. The second kappa shape index (κ2) is 6.82. The van der Waals surface area contributed by atoms with Gasteiger partial charge in [0.1, 0.15) is 11.4 Å². The number of piperazine rings is 1. The first-order valence-electron chi connectivity index (χ1n) is 8.36. The van der Waals surface area contributed by atoms with E-state index in [-0.39, 0.29) is 10.9 Å². The Balaban J connectivity index is 1.91. The molecule has 0 spiro atoms. The molecule has 1 N–H and O–H groups in total. The highest BCUT2D eigenvalue weighted by molar-refractivity contribution is 5.75. The molecule has 1 aliphatic heterocycles. The number of hydrogen-bond donors (Lipinski definition) is 1. The van der Waals surface area contributed by atoms with Crippen molar-refractivity contribution in [2.75, 3.05) is 50.0 Å². The first-order valence-corrected chi connectivity index (χ1v) is 8.36. The van der Waals surface area contributed by atoms with Crippen LogP contribution >= 0.6 is 0 Å². The Bertz CT molecular complexity index is 565. The fourth-order valence-corrected chi connectivity index (χ4v) is 2.83. The van der Waals surface area contributed by atoms with Crippen molar-refractivity contribution in [3.05, 3.63) is 20.4 Å². The maximum atomic E-state index is 11.9. The van der Waals surface area contributed by atoms with Gasteiger partial charge in [0.2, 0.25) is 0 Å². The number of anilines is 2. The lowest BCUT2D eigenvalue weighted by molar-refractivity contribution is 0.312. The Kier molecular flexibility index (Phi) is 5.27. The molecule has 0 bridgehead atoms. The van der Waals surface area contributed by atoms with Crippen LogP contribution in [-0.4, -0.2) is 44.7 Å². The van der Waals surface area contributed by atoms with Crippen LogP contribution in [0.1, 0.15) is 40.0 Å². The molecule has 0 radical (unpaired) electrons. The number of nitrogens with one attached hydrogen (secondary N) is 1. The van der Waals surface area contributed by atoms with Crippen molar-refractivity contribution in [2.24, 2.45) is 5.41 Å². The summed E-state index contributed by atoms with van der Waals surface area (Å²) < 4.78 is 0. The number of nitrogens with zero attached hydrogens (tertiary/aromatic N) is 2. The number of hydrogen-bond acceptors (Lipinski definition) is 5. The maximum Gasteiger partial charge on any atom is 0.253 e. The van der Waals surface area contributed by atoms with Crippen LogP contribution in [0.3, 0.4) is 0 Å². The monoisotopic (exact) mass is 307 g/mol. The van der Waals surface area contributed by atoms with Crippen LogP contribution in [0.5, 0.6) is 0 Å². The quantitative estimate of drug-likeness (QED) is 0.613. The average Bonchev–Trinajstić information content (AvgIpc) is 2.51. The van der Waals surface area contributed by atoms with Gasteiger partial charge in [-0.2, -0.15) is 0 Å². The number of rotatable bonds is 7. The van der Waals surface area contributed by atoms with Gasteiger partial charge in [0.25, 0.3) is 10.9 Å². The van der Waals surface area contributed by atoms with Crippen LogP contribution < -0.4 is 21.1 Å². The summed E-state index contributed by atoms with van der Waals surface area (Å²) in [5.74, 6) is 0. The molecule has 0 unspecified atom stereocenters. The van der Waals surface area contributed by atoms with E-state index in [0.29, 0.717) is 16.8 Å². The van der Waals surface area contributed by atoms with E-state index in [1.807, 2.05) is 0 Å². The molecule has 0 atom stereocenters. The molecule has 2 rings (SSSR count). The van der Waals surface area contributed by atoms with Gasteiger partial charge in [-0.1, -0.05) is 27.2 Å². The topological polar surface area (TPSA) is 52.6 Å². The number of likely N-dealkylation sites (N-methyl/N-ethyl adjacent to an activating group) is 1. The van der Waals surface area contributed by atoms with E-state index in [4.69, 9.17) is 0 Å². The van der Waals surface area contributed by atoms with Crippen molar-refractivity contribution in [3.63, 3.8) is 0 Å². The maximum absolute atomic E-state index is 11.9. The third kappa shape index (κ3) is 3.69. The van der Waals surface area contributed by atoms with E-state index < -0.39 is 0 Å². The Labute approximate surface area is 133 Å². The molecule has 5 nitrogen and oxygen atoms in total. The minimum Gasteiger partial charge on any atom is -0.380 e. The van der Waals surface area contributed by atoms with Gasteiger partial charge in [-0.15, -0.1) is 0 Å². The van der Waals surface area contributed by atoms with Crippen molar-refractivity contribution in [3.8, 4) is 0 Å². The summed E-state index contributed by atoms with van der Waals surface area (Å²) in [6.45, 7) is 11.0. The Morgan fingerprint density at radius 1 is 1.09 bits per heavy atom. The van der Waals surface area contributed by atoms with Crippen LogP contribution in [0.2, 0.25) is 0 Å². The van der Waals surface area contributed by atoms with Crippen molar-refractivity contribution < 1.29 is 0 Å². The van der Waals surface area contributed by atoms with Crippen molar-refractivity contribution in [1.82, 2.24) is 4.90 Å². The first-order chi connectivity index (χ1) is 10.4. The molecule has 1 fully saturated rings. The van der Waals surface area contributed by atoms with Crippen LogP contribution in [-0.2, 0) is 0 Å². The largest absolute Gasteiger partial charge is 0.380 e. The average molecular weight is 307 g/mol. The molecule has 1 aromatic carbocycles. The van der Waals surface area contributed by atoms with Gasteiger partial charge in [-0.05, 0) is 25.3 Å². The zero-order chi connectivity index (χ0) is 16.3. The summed E-state index contributed by atoms with van der Waals surface area (Å²) in [6, 6.07) is 0. The van der Waals surface area contributed by atoms with E-state index >= 15 is 0 Å². The molecule has 5 heteroatoms. The highest BCUT2D eigenvalue weighted by Gasteiger charge is 2.27. The third-order valence-corrected chi connectivity index (χ3v) is 4.99.